The van der Waals surface area contributed by atoms with E-state index in [4.69, 9.17) is 0 Å². The quantitative estimate of drug-likeness (QED) is 0.451. The first-order chi connectivity index (χ1) is 6.80. The Morgan fingerprint density at radius 3 is 2.80 bits per heavy atom. The normalized spacial score (nSPS) is 26.7. The third-order valence-electron chi connectivity index (χ3n) is 3.34. The molecule has 2 aliphatic heterocycles. The van der Waals surface area contributed by atoms with Crippen LogP contribution in [0.4, 0.5) is 0 Å². The van der Waals surface area contributed by atoms with Crippen molar-refractivity contribution in [1.29, 1.82) is 0 Å². The van der Waals surface area contributed by atoms with Gasteiger partial charge in [0.15, 0.2) is 0 Å². The Kier molecular flexibility index (Phi) is 4.26. The predicted molar refractivity (Wildman–Crippen MR) is 50.1 cm³/mol. The third kappa shape index (κ3) is 2.22. The van der Waals surface area contributed by atoms with Gasteiger partial charge in [0, 0.05) is 51.4 Å². The minimum absolute atomic E-state index is 0. The number of nitrogens with zero attached hydrogens (tertiary/aromatic N) is 1. The summed E-state index contributed by atoms with van der Waals surface area (Å²) in [5, 5.41) is 5.92. The largest absolute Gasteiger partial charge is 0.520 e. The van der Waals surface area contributed by atoms with Crippen LogP contribution in [0.5, 0.6) is 0 Å². The van der Waals surface area contributed by atoms with Crippen LogP contribution in [0.3, 0.4) is 0 Å². The summed E-state index contributed by atoms with van der Waals surface area (Å²) in [5.41, 5.74) is 0.188. The molecule has 0 saturated carbocycles. The van der Waals surface area contributed by atoms with Gasteiger partial charge in [0.05, 0.1) is 0 Å². The first-order valence-corrected chi connectivity index (χ1v) is 4.81. The molecular formula is C9H14N3O2Re-. The molecule has 15 heavy (non-hydrogen) atoms. The topological polar surface area (TPSA) is 61.4 Å². The molecule has 85 valence electrons. The fraction of sp³-hybridized carbons (Fsp3) is 0.778. The molecule has 0 aromatic rings. The van der Waals surface area contributed by atoms with E-state index in [-0.39, 0.29) is 25.8 Å². The van der Waals surface area contributed by atoms with E-state index < -0.39 is 0 Å². The number of likely N-dealkylation sites (tertiary alicyclic amines) is 1. The van der Waals surface area contributed by atoms with E-state index in [2.05, 4.69) is 10.6 Å². The van der Waals surface area contributed by atoms with Crippen molar-refractivity contribution in [3.05, 3.63) is 0 Å². The fourth-order valence-corrected chi connectivity index (χ4v) is 2.42. The van der Waals surface area contributed by atoms with Crippen LogP contribution in [-0.4, -0.2) is 50.4 Å². The molecule has 2 heterocycles. The minimum atomic E-state index is 0. The molecule has 0 aromatic carbocycles. The molecule has 2 amide bonds. The minimum Gasteiger partial charge on any atom is -0.520 e. The van der Waals surface area contributed by atoms with Crippen molar-refractivity contribution < 1.29 is 30.0 Å². The summed E-state index contributed by atoms with van der Waals surface area (Å²) in [4.78, 5) is 22.4. The van der Waals surface area contributed by atoms with Gasteiger partial charge in [-0.1, -0.05) is 0 Å². The zero-order valence-electron chi connectivity index (χ0n) is 8.33. The van der Waals surface area contributed by atoms with Gasteiger partial charge < -0.3 is 20.3 Å². The van der Waals surface area contributed by atoms with Crippen molar-refractivity contribution in [2.45, 2.75) is 0 Å². The molecule has 1 atom stereocenters. The van der Waals surface area contributed by atoms with Gasteiger partial charge in [0.1, 0.15) is 0 Å². The van der Waals surface area contributed by atoms with Gasteiger partial charge in [0.2, 0.25) is 6.41 Å². The zero-order chi connectivity index (χ0) is 10.0. The monoisotopic (exact) mass is 383 g/mol. The first-order valence-electron chi connectivity index (χ1n) is 4.81. The van der Waals surface area contributed by atoms with Crippen LogP contribution in [0.2, 0.25) is 0 Å². The van der Waals surface area contributed by atoms with Crippen molar-refractivity contribution in [1.82, 2.24) is 15.5 Å². The Morgan fingerprint density at radius 2 is 2.33 bits per heavy atom. The molecule has 6 heteroatoms. The number of rotatable bonds is 4. The van der Waals surface area contributed by atoms with Gasteiger partial charge in [0.25, 0.3) is 0 Å². The van der Waals surface area contributed by atoms with Crippen LogP contribution < -0.4 is 10.6 Å². The number of nitrogens with one attached hydrogen (secondary N) is 2. The molecule has 1 spiro atoms. The smallest absolute Gasteiger partial charge is 0.207 e. The molecule has 2 saturated heterocycles. The zero-order valence-corrected chi connectivity index (χ0v) is 11.0. The maximum absolute atomic E-state index is 10.5. The maximum atomic E-state index is 10.5. The standard InChI is InChI=1S/C9H14N3O2.Re/c13-6-10-1-8-2-12(7-14)5-9(8)3-11-4-9;/h6,8,11H,1-5H2,(H,10,13);/q-1;. The van der Waals surface area contributed by atoms with E-state index in [0.29, 0.717) is 25.4 Å². The Labute approximate surface area is 103 Å². The van der Waals surface area contributed by atoms with E-state index in [1.165, 1.54) is 0 Å². The van der Waals surface area contributed by atoms with Crippen LogP contribution >= 0.6 is 0 Å². The first kappa shape index (κ1) is 12.6. The number of hydrogen-bond donors (Lipinski definition) is 2. The summed E-state index contributed by atoms with van der Waals surface area (Å²) in [6.07, 6.45) is 2.65. The van der Waals surface area contributed by atoms with Gasteiger partial charge >= 0.3 is 0 Å². The summed E-state index contributed by atoms with van der Waals surface area (Å²) < 4.78 is 0. The summed E-state index contributed by atoms with van der Waals surface area (Å²) in [6.45, 7) is 4.02. The predicted octanol–water partition coefficient (Wildman–Crippen LogP) is -1.68. The van der Waals surface area contributed by atoms with Crippen LogP contribution in [0.1, 0.15) is 0 Å². The van der Waals surface area contributed by atoms with Crippen LogP contribution in [0.15, 0.2) is 0 Å². The molecular weight excluding hydrogens is 368 g/mol. The van der Waals surface area contributed by atoms with Crippen LogP contribution in [-0.2, 0) is 30.0 Å². The van der Waals surface area contributed by atoms with Crippen molar-refractivity contribution in [3.8, 4) is 0 Å². The second kappa shape index (κ2) is 5.06. The number of carbonyl (C=O) groups is 1. The Bertz CT molecular complexity index is 246. The number of amides is 2. The Balaban J connectivity index is 0.00000112. The van der Waals surface area contributed by atoms with Crippen molar-refractivity contribution in [2.75, 3.05) is 32.7 Å². The summed E-state index contributed by atoms with van der Waals surface area (Å²) in [7, 11) is 0. The van der Waals surface area contributed by atoms with Gasteiger partial charge in [-0.15, -0.1) is 0 Å². The summed E-state index contributed by atoms with van der Waals surface area (Å²) >= 11 is 0. The van der Waals surface area contributed by atoms with Crippen LogP contribution in [0.25, 0.3) is 0 Å². The molecule has 0 aliphatic carbocycles. The average molecular weight is 382 g/mol. The molecule has 2 N–H and O–H groups in total. The second-order valence-electron chi connectivity index (χ2n) is 4.16. The SMILES string of the molecule is O=[C-]N1CC(CNC=O)C2(CNC2)C1.[Re]. The summed E-state index contributed by atoms with van der Waals surface area (Å²) in [6, 6.07) is 0. The van der Waals surface area contributed by atoms with Gasteiger partial charge in [-0.3, -0.25) is 4.79 Å². The molecule has 2 rings (SSSR count). The molecule has 2 aliphatic rings. The molecule has 0 bridgehead atoms. The second-order valence-corrected chi connectivity index (χ2v) is 4.16. The molecule has 1 radical (unpaired) electrons. The number of hydrogen-bond acceptors (Lipinski definition) is 3. The van der Waals surface area contributed by atoms with Gasteiger partial charge in [-0.05, 0) is 13.1 Å². The van der Waals surface area contributed by atoms with E-state index >= 15 is 0 Å². The van der Waals surface area contributed by atoms with E-state index in [0.717, 1.165) is 19.6 Å². The van der Waals surface area contributed by atoms with E-state index in [1.54, 1.807) is 4.90 Å². The van der Waals surface area contributed by atoms with Gasteiger partial charge in [-0.2, -0.15) is 6.41 Å². The fourth-order valence-electron chi connectivity index (χ4n) is 2.42. The molecule has 5 nitrogen and oxygen atoms in total. The van der Waals surface area contributed by atoms with Crippen molar-refractivity contribution in [2.24, 2.45) is 11.3 Å². The van der Waals surface area contributed by atoms with E-state index in [1.807, 2.05) is 6.41 Å². The van der Waals surface area contributed by atoms with Gasteiger partial charge in [-0.25, -0.2) is 0 Å². The molecule has 1 unspecified atom stereocenters. The van der Waals surface area contributed by atoms with Crippen LogP contribution in [0, 0.1) is 11.3 Å². The van der Waals surface area contributed by atoms with Crippen molar-refractivity contribution >= 4 is 12.8 Å². The maximum Gasteiger partial charge on any atom is 0.207 e. The average Bonchev–Trinajstić information content (AvgIpc) is 2.53. The Hall–Kier alpha value is -0.438. The Morgan fingerprint density at radius 1 is 1.60 bits per heavy atom. The number of carbonyl (C=O) groups excluding carboxylic acids is 2. The van der Waals surface area contributed by atoms with E-state index in [9.17, 15) is 9.59 Å². The molecule has 2 fully saturated rings. The third-order valence-corrected chi connectivity index (χ3v) is 3.34. The molecule has 0 aromatic heterocycles. The summed E-state index contributed by atoms with van der Waals surface area (Å²) in [5.74, 6) is 0.371. The van der Waals surface area contributed by atoms with Crippen molar-refractivity contribution in [3.63, 3.8) is 0 Å².